The number of nitrogens with one attached hydrogen (secondary N) is 1. The van der Waals surface area contributed by atoms with E-state index in [0.717, 1.165) is 4.90 Å². The van der Waals surface area contributed by atoms with Gasteiger partial charge in [0, 0.05) is 13.1 Å². The van der Waals surface area contributed by atoms with E-state index in [0.29, 0.717) is 5.56 Å². The minimum absolute atomic E-state index is 0.00469. The van der Waals surface area contributed by atoms with E-state index < -0.39 is 33.4 Å². The monoisotopic (exact) mass is 362 g/mol. The smallest absolute Gasteiger partial charge is 0.261 e. The number of benzene rings is 2. The number of sulfonamides is 1. The lowest BCUT2D eigenvalue weighted by molar-refractivity contribution is 0.0664. The Bertz CT molecular complexity index is 891. The molecule has 1 aliphatic rings. The summed E-state index contributed by atoms with van der Waals surface area (Å²) >= 11 is 0. The van der Waals surface area contributed by atoms with E-state index in [9.17, 15) is 22.4 Å². The van der Waals surface area contributed by atoms with Crippen LogP contribution in [-0.4, -0.2) is 37.4 Å². The third-order valence-corrected chi connectivity index (χ3v) is 5.18. The summed E-state index contributed by atoms with van der Waals surface area (Å²) in [6.07, 6.45) is 0. The van der Waals surface area contributed by atoms with E-state index >= 15 is 0 Å². The van der Waals surface area contributed by atoms with Crippen molar-refractivity contribution in [2.45, 2.75) is 6.54 Å². The van der Waals surface area contributed by atoms with Crippen molar-refractivity contribution in [2.24, 2.45) is 0 Å². The third-order valence-electron chi connectivity index (χ3n) is 3.87. The number of nitrogens with zero attached hydrogens (tertiary/aromatic N) is 1. The quantitative estimate of drug-likeness (QED) is 0.790. The highest BCUT2D eigenvalue weighted by Crippen LogP contribution is 2.22. The lowest BCUT2D eigenvalue weighted by Gasteiger charge is -2.14. The summed E-state index contributed by atoms with van der Waals surface area (Å²) < 4.78 is 39.4. The number of hydrogen-bond acceptors (Lipinski definition) is 4. The van der Waals surface area contributed by atoms with E-state index in [2.05, 4.69) is 4.72 Å². The van der Waals surface area contributed by atoms with Crippen LogP contribution in [0.2, 0.25) is 0 Å². The number of fused-ring (bicyclic) bond motifs is 1. The minimum Gasteiger partial charge on any atom is -0.273 e. The van der Waals surface area contributed by atoms with Crippen LogP contribution >= 0.6 is 0 Å². The fraction of sp³-hybridized carbons (Fsp3) is 0.176. The highest BCUT2D eigenvalue weighted by molar-refractivity contribution is 7.89. The molecule has 0 fully saturated rings. The number of carbonyl (C=O) groups is 2. The first-order chi connectivity index (χ1) is 11.9. The molecule has 0 radical (unpaired) electrons. The predicted octanol–water partition coefficient (Wildman–Crippen LogP) is 1.54. The molecule has 1 heterocycles. The van der Waals surface area contributed by atoms with Gasteiger partial charge in [0.25, 0.3) is 11.8 Å². The van der Waals surface area contributed by atoms with E-state index in [1.807, 2.05) is 0 Å². The Hall–Kier alpha value is -2.58. The Balaban J connectivity index is 1.60. The maximum absolute atomic E-state index is 12.8. The molecule has 0 bridgehead atoms. The molecule has 0 aromatic heterocycles. The normalized spacial score (nSPS) is 14.0. The van der Waals surface area contributed by atoms with Crippen molar-refractivity contribution in [3.8, 4) is 0 Å². The summed E-state index contributed by atoms with van der Waals surface area (Å²) in [7, 11) is -3.70. The Kier molecular flexibility index (Phi) is 4.65. The standard InChI is InChI=1S/C17H15FN2O4S/c18-13-7-5-12(6-8-13)11-19-25(23,24)10-9-20-16(21)14-3-1-2-4-15(14)17(20)22/h1-8,19H,9-11H2. The third kappa shape index (κ3) is 3.75. The molecule has 130 valence electrons. The van der Waals surface area contributed by atoms with Gasteiger partial charge in [0.2, 0.25) is 10.0 Å². The second kappa shape index (κ2) is 6.73. The maximum Gasteiger partial charge on any atom is 0.261 e. The highest BCUT2D eigenvalue weighted by atomic mass is 32.2. The Morgan fingerprint density at radius 2 is 1.48 bits per heavy atom. The van der Waals surface area contributed by atoms with Gasteiger partial charge in [-0.15, -0.1) is 0 Å². The van der Waals surface area contributed by atoms with Crippen molar-refractivity contribution in [3.05, 3.63) is 71.0 Å². The molecule has 3 rings (SSSR count). The van der Waals surface area contributed by atoms with E-state index in [1.54, 1.807) is 12.1 Å². The lowest BCUT2D eigenvalue weighted by atomic mass is 10.1. The average molecular weight is 362 g/mol. The number of carbonyl (C=O) groups excluding carboxylic acids is 2. The first kappa shape index (κ1) is 17.2. The van der Waals surface area contributed by atoms with Gasteiger partial charge in [-0.25, -0.2) is 17.5 Å². The number of amides is 2. The van der Waals surface area contributed by atoms with Crippen LogP contribution in [0.1, 0.15) is 26.3 Å². The first-order valence-corrected chi connectivity index (χ1v) is 9.19. The second-order valence-corrected chi connectivity index (χ2v) is 7.50. The highest BCUT2D eigenvalue weighted by Gasteiger charge is 2.35. The van der Waals surface area contributed by atoms with Gasteiger partial charge in [-0.3, -0.25) is 14.5 Å². The van der Waals surface area contributed by atoms with Gasteiger partial charge in [-0.2, -0.15) is 0 Å². The zero-order chi connectivity index (χ0) is 18.0. The van der Waals surface area contributed by atoms with Crippen molar-refractivity contribution >= 4 is 21.8 Å². The number of hydrogen-bond donors (Lipinski definition) is 1. The van der Waals surface area contributed by atoms with E-state index in [4.69, 9.17) is 0 Å². The largest absolute Gasteiger partial charge is 0.273 e. The topological polar surface area (TPSA) is 83.6 Å². The van der Waals surface area contributed by atoms with Crippen molar-refractivity contribution in [3.63, 3.8) is 0 Å². The first-order valence-electron chi connectivity index (χ1n) is 7.54. The fourth-order valence-corrected chi connectivity index (χ4v) is 3.48. The van der Waals surface area contributed by atoms with Crippen LogP contribution in [-0.2, 0) is 16.6 Å². The molecule has 0 atom stereocenters. The van der Waals surface area contributed by atoms with Gasteiger partial charge in [0.1, 0.15) is 5.82 Å². The Labute approximate surface area is 144 Å². The van der Waals surface area contributed by atoms with Crippen molar-refractivity contribution in [2.75, 3.05) is 12.3 Å². The molecular weight excluding hydrogens is 347 g/mol. The minimum atomic E-state index is -3.70. The van der Waals surface area contributed by atoms with Crippen LogP contribution in [0.5, 0.6) is 0 Å². The molecule has 0 spiro atoms. The zero-order valence-corrected chi connectivity index (χ0v) is 13.9. The summed E-state index contributed by atoms with van der Waals surface area (Å²) in [6, 6.07) is 11.8. The summed E-state index contributed by atoms with van der Waals surface area (Å²) in [4.78, 5) is 25.3. The SMILES string of the molecule is O=C1c2ccccc2C(=O)N1CCS(=O)(=O)NCc1ccc(F)cc1. The Morgan fingerprint density at radius 3 is 2.04 bits per heavy atom. The maximum atomic E-state index is 12.8. The molecule has 25 heavy (non-hydrogen) atoms. The van der Waals surface area contributed by atoms with Crippen LogP contribution in [0.3, 0.4) is 0 Å². The van der Waals surface area contributed by atoms with Gasteiger partial charge in [0.15, 0.2) is 0 Å². The van der Waals surface area contributed by atoms with E-state index in [-0.39, 0.29) is 24.2 Å². The second-order valence-electron chi connectivity index (χ2n) is 5.57. The van der Waals surface area contributed by atoms with Crippen LogP contribution in [0.15, 0.2) is 48.5 Å². The fourth-order valence-electron chi connectivity index (χ4n) is 2.52. The summed E-state index contributed by atoms with van der Waals surface area (Å²) in [5.41, 5.74) is 1.17. The molecule has 2 amide bonds. The van der Waals surface area contributed by atoms with Gasteiger partial charge in [-0.05, 0) is 29.8 Å². The van der Waals surface area contributed by atoms with Crippen molar-refractivity contribution in [1.82, 2.24) is 9.62 Å². The number of rotatable bonds is 6. The molecule has 2 aromatic rings. The summed E-state index contributed by atoms with van der Waals surface area (Å²) in [5.74, 6) is -1.79. The molecule has 1 N–H and O–H groups in total. The van der Waals surface area contributed by atoms with Gasteiger partial charge in [-0.1, -0.05) is 24.3 Å². The zero-order valence-electron chi connectivity index (χ0n) is 13.1. The molecular formula is C17H15FN2O4S. The number of halogens is 1. The van der Waals surface area contributed by atoms with Crippen LogP contribution in [0, 0.1) is 5.82 Å². The Morgan fingerprint density at radius 1 is 0.920 bits per heavy atom. The van der Waals surface area contributed by atoms with Crippen LogP contribution in [0.25, 0.3) is 0 Å². The molecule has 1 aliphatic heterocycles. The molecule has 2 aromatic carbocycles. The molecule has 8 heteroatoms. The number of imide groups is 1. The molecule has 0 unspecified atom stereocenters. The summed E-state index contributed by atoms with van der Waals surface area (Å²) in [5, 5.41) is 0. The van der Waals surface area contributed by atoms with Crippen LogP contribution < -0.4 is 4.72 Å². The molecule has 0 saturated heterocycles. The molecule has 6 nitrogen and oxygen atoms in total. The van der Waals surface area contributed by atoms with E-state index in [1.165, 1.54) is 36.4 Å². The van der Waals surface area contributed by atoms with Gasteiger partial charge < -0.3 is 0 Å². The van der Waals surface area contributed by atoms with Crippen LogP contribution in [0.4, 0.5) is 4.39 Å². The summed E-state index contributed by atoms with van der Waals surface area (Å²) in [6.45, 7) is -0.226. The molecule has 0 aliphatic carbocycles. The average Bonchev–Trinajstić information content (AvgIpc) is 2.84. The molecule has 0 saturated carbocycles. The van der Waals surface area contributed by atoms with Crippen molar-refractivity contribution < 1.29 is 22.4 Å². The van der Waals surface area contributed by atoms with Gasteiger partial charge >= 0.3 is 0 Å². The lowest BCUT2D eigenvalue weighted by Crippen LogP contribution is -2.37. The predicted molar refractivity (Wildman–Crippen MR) is 88.8 cm³/mol. The van der Waals surface area contributed by atoms with Crippen molar-refractivity contribution in [1.29, 1.82) is 0 Å². The van der Waals surface area contributed by atoms with Gasteiger partial charge in [0.05, 0.1) is 16.9 Å².